The molecular formula is C15H23BrN2. The summed E-state index contributed by atoms with van der Waals surface area (Å²) in [5.41, 5.74) is 1.43. The van der Waals surface area contributed by atoms with Crippen molar-refractivity contribution in [3.05, 3.63) is 34.3 Å². The Labute approximate surface area is 119 Å². The molecule has 0 aromatic heterocycles. The molecule has 2 nitrogen and oxygen atoms in total. The molecule has 2 rings (SSSR count). The van der Waals surface area contributed by atoms with Gasteiger partial charge in [0, 0.05) is 29.6 Å². The third-order valence-electron chi connectivity index (χ3n) is 3.72. The van der Waals surface area contributed by atoms with Crippen LogP contribution in [0.5, 0.6) is 0 Å². The second-order valence-corrected chi connectivity index (χ2v) is 6.15. The molecule has 0 amide bonds. The fourth-order valence-electron chi connectivity index (χ4n) is 2.61. The average Bonchev–Trinajstić information content (AvgIpc) is 2.29. The summed E-state index contributed by atoms with van der Waals surface area (Å²) in [6, 6.07) is 10.1. The Balaban J connectivity index is 1.95. The molecule has 1 aromatic rings. The van der Waals surface area contributed by atoms with Crippen molar-refractivity contribution < 1.29 is 0 Å². The highest BCUT2D eigenvalue weighted by Gasteiger charge is 2.27. The minimum absolute atomic E-state index is 0.623. The standard InChI is InChI=1S/C15H23BrN2/c1-3-8-18(15-10-17-11-15)12(2)9-13-4-6-14(16)7-5-13/h4-7,12,15,17H,3,8-11H2,1-2H3. The quantitative estimate of drug-likeness (QED) is 0.868. The molecule has 1 atom stereocenters. The molecule has 1 aromatic carbocycles. The molecule has 1 N–H and O–H groups in total. The van der Waals surface area contributed by atoms with Crippen molar-refractivity contribution >= 4 is 15.9 Å². The molecular weight excluding hydrogens is 288 g/mol. The molecule has 100 valence electrons. The maximum atomic E-state index is 3.49. The largest absolute Gasteiger partial charge is 0.314 e. The van der Waals surface area contributed by atoms with Crippen LogP contribution in [0, 0.1) is 0 Å². The van der Waals surface area contributed by atoms with Crippen LogP contribution >= 0.6 is 15.9 Å². The van der Waals surface area contributed by atoms with Gasteiger partial charge in [-0.1, -0.05) is 35.0 Å². The minimum atomic E-state index is 0.623. The van der Waals surface area contributed by atoms with Crippen LogP contribution in [0.4, 0.5) is 0 Å². The van der Waals surface area contributed by atoms with Crippen LogP contribution in [-0.2, 0) is 6.42 Å². The van der Waals surface area contributed by atoms with E-state index in [2.05, 4.69) is 64.3 Å². The molecule has 1 heterocycles. The molecule has 1 saturated heterocycles. The zero-order valence-corrected chi connectivity index (χ0v) is 12.9. The Hall–Kier alpha value is -0.380. The lowest BCUT2D eigenvalue weighted by Gasteiger charge is -2.42. The van der Waals surface area contributed by atoms with E-state index in [0.29, 0.717) is 6.04 Å². The van der Waals surface area contributed by atoms with Crippen LogP contribution in [0.2, 0.25) is 0 Å². The van der Waals surface area contributed by atoms with Gasteiger partial charge in [0.15, 0.2) is 0 Å². The maximum Gasteiger partial charge on any atom is 0.0348 e. The van der Waals surface area contributed by atoms with Crippen molar-refractivity contribution in [2.24, 2.45) is 0 Å². The molecule has 18 heavy (non-hydrogen) atoms. The van der Waals surface area contributed by atoms with Crippen molar-refractivity contribution in [1.82, 2.24) is 10.2 Å². The van der Waals surface area contributed by atoms with Crippen molar-refractivity contribution in [3.63, 3.8) is 0 Å². The highest BCUT2D eigenvalue weighted by atomic mass is 79.9. The fourth-order valence-corrected chi connectivity index (χ4v) is 2.87. The average molecular weight is 311 g/mol. The van der Waals surface area contributed by atoms with Gasteiger partial charge < -0.3 is 5.32 Å². The van der Waals surface area contributed by atoms with Gasteiger partial charge in [-0.3, -0.25) is 4.90 Å². The number of nitrogens with one attached hydrogen (secondary N) is 1. The van der Waals surface area contributed by atoms with E-state index in [4.69, 9.17) is 0 Å². The van der Waals surface area contributed by atoms with E-state index in [9.17, 15) is 0 Å². The molecule has 0 bridgehead atoms. The highest BCUT2D eigenvalue weighted by molar-refractivity contribution is 9.10. The Bertz CT molecular complexity index is 359. The summed E-state index contributed by atoms with van der Waals surface area (Å²) in [5.74, 6) is 0. The number of halogens is 1. The zero-order chi connectivity index (χ0) is 13.0. The normalized spacial score (nSPS) is 17.8. The summed E-state index contributed by atoms with van der Waals surface area (Å²) in [5, 5.41) is 3.38. The van der Waals surface area contributed by atoms with Crippen LogP contribution in [0.1, 0.15) is 25.8 Å². The smallest absolute Gasteiger partial charge is 0.0348 e. The molecule has 3 heteroatoms. The van der Waals surface area contributed by atoms with Crippen molar-refractivity contribution in [1.29, 1.82) is 0 Å². The van der Waals surface area contributed by atoms with Crippen LogP contribution in [-0.4, -0.2) is 36.6 Å². The van der Waals surface area contributed by atoms with Gasteiger partial charge >= 0.3 is 0 Å². The van der Waals surface area contributed by atoms with Crippen LogP contribution in [0.15, 0.2) is 28.7 Å². The Morgan fingerprint density at radius 3 is 2.50 bits per heavy atom. The van der Waals surface area contributed by atoms with Crippen LogP contribution < -0.4 is 5.32 Å². The summed E-state index contributed by atoms with van der Waals surface area (Å²) in [7, 11) is 0. The van der Waals surface area contributed by atoms with E-state index in [1.54, 1.807) is 0 Å². The number of hydrogen-bond donors (Lipinski definition) is 1. The lowest BCUT2D eigenvalue weighted by molar-refractivity contribution is 0.103. The number of benzene rings is 1. The Morgan fingerprint density at radius 1 is 1.33 bits per heavy atom. The number of hydrogen-bond acceptors (Lipinski definition) is 2. The van der Waals surface area contributed by atoms with E-state index < -0.39 is 0 Å². The Morgan fingerprint density at radius 2 is 2.00 bits per heavy atom. The molecule has 1 aliphatic rings. The maximum absolute atomic E-state index is 3.49. The van der Waals surface area contributed by atoms with Gasteiger partial charge in [0.1, 0.15) is 0 Å². The van der Waals surface area contributed by atoms with E-state index in [1.807, 2.05) is 0 Å². The third kappa shape index (κ3) is 3.56. The molecule has 0 radical (unpaired) electrons. The van der Waals surface area contributed by atoms with Crippen molar-refractivity contribution in [2.75, 3.05) is 19.6 Å². The van der Waals surface area contributed by atoms with Gasteiger partial charge in [0.05, 0.1) is 0 Å². The van der Waals surface area contributed by atoms with Gasteiger partial charge in [-0.25, -0.2) is 0 Å². The van der Waals surface area contributed by atoms with Gasteiger partial charge in [-0.15, -0.1) is 0 Å². The zero-order valence-electron chi connectivity index (χ0n) is 11.3. The predicted octanol–water partition coefficient (Wildman–Crippen LogP) is 3.06. The minimum Gasteiger partial charge on any atom is -0.314 e. The first-order valence-corrected chi connectivity index (χ1v) is 7.71. The number of nitrogens with zero attached hydrogens (tertiary/aromatic N) is 1. The third-order valence-corrected chi connectivity index (χ3v) is 4.25. The second kappa shape index (κ2) is 6.69. The molecule has 0 spiro atoms. The van der Waals surface area contributed by atoms with Crippen molar-refractivity contribution in [2.45, 2.75) is 38.8 Å². The molecule has 1 unspecified atom stereocenters. The Kier molecular flexibility index (Phi) is 5.22. The van der Waals surface area contributed by atoms with Crippen molar-refractivity contribution in [3.8, 4) is 0 Å². The van der Waals surface area contributed by atoms with Crippen LogP contribution in [0.25, 0.3) is 0 Å². The SMILES string of the molecule is CCCN(C(C)Cc1ccc(Br)cc1)C1CNC1. The topological polar surface area (TPSA) is 15.3 Å². The van der Waals surface area contributed by atoms with Gasteiger partial charge in [-0.2, -0.15) is 0 Å². The van der Waals surface area contributed by atoms with E-state index >= 15 is 0 Å². The second-order valence-electron chi connectivity index (χ2n) is 5.23. The lowest BCUT2D eigenvalue weighted by atomic mass is 10.0. The summed E-state index contributed by atoms with van der Waals surface area (Å²) < 4.78 is 1.16. The van der Waals surface area contributed by atoms with Crippen LogP contribution in [0.3, 0.4) is 0 Å². The molecule has 1 fully saturated rings. The molecule has 0 saturated carbocycles. The van der Waals surface area contributed by atoms with Gasteiger partial charge in [-0.05, 0) is 44.0 Å². The van der Waals surface area contributed by atoms with E-state index in [-0.39, 0.29) is 0 Å². The summed E-state index contributed by atoms with van der Waals surface area (Å²) in [4.78, 5) is 2.67. The highest BCUT2D eigenvalue weighted by Crippen LogP contribution is 2.17. The first-order valence-electron chi connectivity index (χ1n) is 6.91. The first kappa shape index (κ1) is 14.0. The predicted molar refractivity (Wildman–Crippen MR) is 81.0 cm³/mol. The van der Waals surface area contributed by atoms with E-state index in [0.717, 1.165) is 30.0 Å². The van der Waals surface area contributed by atoms with Gasteiger partial charge in [0.2, 0.25) is 0 Å². The molecule has 1 aliphatic heterocycles. The first-order chi connectivity index (χ1) is 8.70. The fraction of sp³-hybridized carbons (Fsp3) is 0.600. The summed E-state index contributed by atoms with van der Waals surface area (Å²) in [6.07, 6.45) is 2.38. The lowest BCUT2D eigenvalue weighted by Crippen LogP contribution is -2.59. The monoisotopic (exact) mass is 310 g/mol. The summed E-state index contributed by atoms with van der Waals surface area (Å²) in [6.45, 7) is 8.15. The molecule has 0 aliphatic carbocycles. The van der Waals surface area contributed by atoms with Gasteiger partial charge in [0.25, 0.3) is 0 Å². The number of rotatable bonds is 6. The summed E-state index contributed by atoms with van der Waals surface area (Å²) >= 11 is 3.49. The van der Waals surface area contributed by atoms with E-state index in [1.165, 1.54) is 18.5 Å².